The fraction of sp³-hybridized carbons (Fsp3) is 0.391. The number of carbonyl (C=O) groups excluding carboxylic acids is 2. The SMILES string of the molecule is CCCCCCCC(=O)Oc1ccc(C(=O)Oc2ccc(OC)c(C)c2)cc1. The van der Waals surface area contributed by atoms with Crippen molar-refractivity contribution in [1.82, 2.24) is 0 Å². The Labute approximate surface area is 166 Å². The van der Waals surface area contributed by atoms with Crippen LogP contribution in [0, 0.1) is 6.92 Å². The Bertz CT molecular complexity index is 780. The van der Waals surface area contributed by atoms with Crippen LogP contribution in [0.15, 0.2) is 42.5 Å². The van der Waals surface area contributed by atoms with Gasteiger partial charge in [-0.15, -0.1) is 0 Å². The van der Waals surface area contributed by atoms with Gasteiger partial charge < -0.3 is 14.2 Å². The Morgan fingerprint density at radius 2 is 1.54 bits per heavy atom. The van der Waals surface area contributed by atoms with Crippen LogP contribution in [-0.4, -0.2) is 19.0 Å². The molecule has 150 valence electrons. The highest BCUT2D eigenvalue weighted by Gasteiger charge is 2.11. The van der Waals surface area contributed by atoms with Gasteiger partial charge in [-0.25, -0.2) is 4.79 Å². The average Bonchev–Trinajstić information content (AvgIpc) is 2.68. The first-order chi connectivity index (χ1) is 13.5. The zero-order chi connectivity index (χ0) is 20.4. The number of benzene rings is 2. The normalized spacial score (nSPS) is 10.4. The van der Waals surface area contributed by atoms with Crippen molar-refractivity contribution in [1.29, 1.82) is 0 Å². The lowest BCUT2D eigenvalue weighted by Gasteiger charge is -2.09. The van der Waals surface area contributed by atoms with E-state index in [1.165, 1.54) is 12.8 Å². The largest absolute Gasteiger partial charge is 0.496 e. The minimum atomic E-state index is -0.474. The second-order valence-corrected chi connectivity index (χ2v) is 6.68. The number of hydrogen-bond acceptors (Lipinski definition) is 5. The molecule has 0 heterocycles. The monoisotopic (exact) mass is 384 g/mol. The second kappa shape index (κ2) is 11.1. The predicted molar refractivity (Wildman–Crippen MR) is 108 cm³/mol. The van der Waals surface area contributed by atoms with Crippen molar-refractivity contribution in [2.75, 3.05) is 7.11 Å². The molecule has 0 aliphatic rings. The minimum Gasteiger partial charge on any atom is -0.496 e. The number of carbonyl (C=O) groups is 2. The topological polar surface area (TPSA) is 61.8 Å². The molecule has 0 amide bonds. The van der Waals surface area contributed by atoms with E-state index in [0.717, 1.165) is 30.6 Å². The number of aryl methyl sites for hydroxylation is 1. The molecule has 0 bridgehead atoms. The highest BCUT2D eigenvalue weighted by atomic mass is 16.5. The summed E-state index contributed by atoms with van der Waals surface area (Å²) in [5, 5.41) is 0. The zero-order valence-corrected chi connectivity index (χ0v) is 16.8. The second-order valence-electron chi connectivity index (χ2n) is 6.68. The summed E-state index contributed by atoms with van der Waals surface area (Å²) >= 11 is 0. The van der Waals surface area contributed by atoms with Crippen LogP contribution in [0.25, 0.3) is 0 Å². The highest BCUT2D eigenvalue weighted by Crippen LogP contribution is 2.24. The van der Waals surface area contributed by atoms with Crippen LogP contribution in [0.3, 0.4) is 0 Å². The van der Waals surface area contributed by atoms with E-state index in [0.29, 0.717) is 23.5 Å². The van der Waals surface area contributed by atoms with E-state index >= 15 is 0 Å². The quantitative estimate of drug-likeness (QED) is 0.308. The molecule has 0 aliphatic carbocycles. The third-order valence-corrected chi connectivity index (χ3v) is 4.38. The maximum atomic E-state index is 12.3. The molecule has 2 aromatic rings. The summed E-state index contributed by atoms with van der Waals surface area (Å²) in [4.78, 5) is 24.1. The molecule has 0 aliphatic heterocycles. The molecular weight excluding hydrogens is 356 g/mol. The van der Waals surface area contributed by atoms with E-state index in [4.69, 9.17) is 14.2 Å². The summed E-state index contributed by atoms with van der Waals surface area (Å²) in [7, 11) is 1.59. The Kier molecular flexibility index (Phi) is 8.53. The van der Waals surface area contributed by atoms with Crippen molar-refractivity contribution in [2.24, 2.45) is 0 Å². The third kappa shape index (κ3) is 6.72. The molecular formula is C23H28O5. The Balaban J connectivity index is 1.85. The van der Waals surface area contributed by atoms with Crippen molar-refractivity contribution in [2.45, 2.75) is 52.4 Å². The third-order valence-electron chi connectivity index (χ3n) is 4.38. The van der Waals surface area contributed by atoms with Crippen LogP contribution in [0.2, 0.25) is 0 Å². The molecule has 0 aromatic heterocycles. The van der Waals surface area contributed by atoms with Crippen LogP contribution in [-0.2, 0) is 4.79 Å². The summed E-state index contributed by atoms with van der Waals surface area (Å²) in [6, 6.07) is 11.6. The van der Waals surface area contributed by atoms with Crippen molar-refractivity contribution >= 4 is 11.9 Å². The van der Waals surface area contributed by atoms with Gasteiger partial charge in [-0.2, -0.15) is 0 Å². The van der Waals surface area contributed by atoms with E-state index < -0.39 is 5.97 Å². The van der Waals surface area contributed by atoms with Gasteiger partial charge in [0.1, 0.15) is 17.2 Å². The van der Waals surface area contributed by atoms with Gasteiger partial charge >= 0.3 is 11.9 Å². The molecule has 0 atom stereocenters. The minimum absolute atomic E-state index is 0.250. The van der Waals surface area contributed by atoms with Gasteiger partial charge in [0, 0.05) is 6.42 Å². The van der Waals surface area contributed by atoms with Crippen molar-refractivity contribution in [3.63, 3.8) is 0 Å². The molecule has 0 spiro atoms. The van der Waals surface area contributed by atoms with Crippen LogP contribution in [0.1, 0.15) is 61.4 Å². The molecule has 2 aromatic carbocycles. The van der Waals surface area contributed by atoms with Gasteiger partial charge in [-0.3, -0.25) is 4.79 Å². The summed E-state index contributed by atoms with van der Waals surface area (Å²) < 4.78 is 15.9. The molecule has 0 N–H and O–H groups in total. The molecule has 2 rings (SSSR count). The number of rotatable bonds is 10. The summed E-state index contributed by atoms with van der Waals surface area (Å²) in [5.74, 6) is 0.882. The Hall–Kier alpha value is -2.82. The van der Waals surface area contributed by atoms with Gasteiger partial charge in [0.05, 0.1) is 12.7 Å². The molecule has 0 radical (unpaired) electrons. The van der Waals surface area contributed by atoms with E-state index in [1.807, 2.05) is 6.92 Å². The fourth-order valence-electron chi connectivity index (χ4n) is 2.79. The molecule has 0 saturated carbocycles. The van der Waals surface area contributed by atoms with Gasteiger partial charge in [0.25, 0.3) is 0 Å². The number of ether oxygens (including phenoxy) is 3. The van der Waals surface area contributed by atoms with E-state index in [2.05, 4.69) is 6.92 Å². The molecule has 28 heavy (non-hydrogen) atoms. The molecule has 0 fully saturated rings. The molecule has 5 nitrogen and oxygen atoms in total. The summed E-state index contributed by atoms with van der Waals surface area (Å²) in [6.45, 7) is 4.04. The number of hydrogen-bond donors (Lipinski definition) is 0. The summed E-state index contributed by atoms with van der Waals surface area (Å²) in [5.41, 5.74) is 1.26. The van der Waals surface area contributed by atoms with Crippen molar-refractivity contribution in [3.05, 3.63) is 53.6 Å². The maximum Gasteiger partial charge on any atom is 0.343 e. The van der Waals surface area contributed by atoms with Crippen LogP contribution in [0.5, 0.6) is 17.2 Å². The van der Waals surface area contributed by atoms with Crippen LogP contribution in [0.4, 0.5) is 0 Å². The average molecular weight is 384 g/mol. The highest BCUT2D eigenvalue weighted by molar-refractivity contribution is 5.91. The van der Waals surface area contributed by atoms with Crippen LogP contribution < -0.4 is 14.2 Å². The number of methoxy groups -OCH3 is 1. The first kappa shape index (κ1) is 21.5. The number of unbranched alkanes of at least 4 members (excludes halogenated alkanes) is 4. The molecule has 0 saturated heterocycles. The smallest absolute Gasteiger partial charge is 0.343 e. The fourth-order valence-corrected chi connectivity index (χ4v) is 2.79. The van der Waals surface area contributed by atoms with E-state index in [9.17, 15) is 9.59 Å². The predicted octanol–water partition coefficient (Wildman–Crippen LogP) is 5.49. The van der Waals surface area contributed by atoms with Gasteiger partial charge in [-0.1, -0.05) is 32.6 Å². The van der Waals surface area contributed by atoms with Gasteiger partial charge in [-0.05, 0) is 61.4 Å². The lowest BCUT2D eigenvalue weighted by atomic mass is 10.1. The van der Waals surface area contributed by atoms with Gasteiger partial charge in [0.15, 0.2) is 0 Å². The zero-order valence-electron chi connectivity index (χ0n) is 16.8. The van der Waals surface area contributed by atoms with E-state index in [1.54, 1.807) is 49.6 Å². The van der Waals surface area contributed by atoms with Crippen molar-refractivity contribution in [3.8, 4) is 17.2 Å². The summed E-state index contributed by atoms with van der Waals surface area (Å²) in [6.07, 6.45) is 5.81. The lowest BCUT2D eigenvalue weighted by molar-refractivity contribution is -0.134. The first-order valence-corrected chi connectivity index (χ1v) is 9.71. The standard InChI is InChI=1S/C23H28O5/c1-4-5-6-7-8-9-22(24)27-19-12-10-18(11-13-19)23(25)28-20-14-15-21(26-3)17(2)16-20/h10-16H,4-9H2,1-3H3. The molecule has 0 unspecified atom stereocenters. The number of esters is 2. The Morgan fingerprint density at radius 3 is 2.18 bits per heavy atom. The van der Waals surface area contributed by atoms with Crippen molar-refractivity contribution < 1.29 is 23.8 Å². The molecule has 5 heteroatoms. The lowest BCUT2D eigenvalue weighted by Crippen LogP contribution is -2.10. The van der Waals surface area contributed by atoms with E-state index in [-0.39, 0.29) is 5.97 Å². The first-order valence-electron chi connectivity index (χ1n) is 9.71. The maximum absolute atomic E-state index is 12.3. The van der Waals surface area contributed by atoms with Gasteiger partial charge in [0.2, 0.25) is 0 Å². The van der Waals surface area contributed by atoms with Crippen LogP contribution >= 0.6 is 0 Å². The Morgan fingerprint density at radius 1 is 0.857 bits per heavy atom.